The molecule has 0 aliphatic rings. The monoisotopic (exact) mass is 329 g/mol. The largest absolute Gasteiger partial charge is 0.508 e. The van der Waals surface area contributed by atoms with E-state index < -0.39 is 17.6 Å². The van der Waals surface area contributed by atoms with Crippen LogP contribution in [0.15, 0.2) is 54.6 Å². The molecule has 0 saturated heterocycles. The van der Waals surface area contributed by atoms with Gasteiger partial charge in [0.15, 0.2) is 0 Å². The van der Waals surface area contributed by atoms with E-state index in [4.69, 9.17) is 4.74 Å². The number of carboxylic acids is 1. The third-order valence-corrected chi connectivity index (χ3v) is 3.56. The Labute approximate surface area is 139 Å². The summed E-state index contributed by atoms with van der Waals surface area (Å²) in [4.78, 5) is 23.5. The molecule has 0 saturated carbocycles. The number of aromatic hydroxyl groups is 1. The normalized spacial score (nSPS) is 12.9. The summed E-state index contributed by atoms with van der Waals surface area (Å²) in [6.07, 6.45) is -0.745. The number of hydrogen-bond donors (Lipinski definition) is 3. The average molecular weight is 329 g/mol. The van der Waals surface area contributed by atoms with Crippen LogP contribution in [0, 0.1) is 0 Å². The van der Waals surface area contributed by atoms with E-state index in [9.17, 15) is 19.8 Å². The SMILES string of the molecule is C[C@](Cc1ccc(O)cc1)(NC(=O)OCc1ccccc1)C(=O)O. The fourth-order valence-electron chi connectivity index (χ4n) is 2.18. The Balaban J connectivity index is 1.99. The molecule has 0 aliphatic heterocycles. The first-order valence-corrected chi connectivity index (χ1v) is 7.39. The maximum Gasteiger partial charge on any atom is 0.408 e. The lowest BCUT2D eigenvalue weighted by atomic mass is 9.93. The molecule has 0 aromatic heterocycles. The summed E-state index contributed by atoms with van der Waals surface area (Å²) in [7, 11) is 0. The number of amides is 1. The molecule has 0 fully saturated rings. The summed E-state index contributed by atoms with van der Waals surface area (Å²) in [5.41, 5.74) is -0.0469. The minimum atomic E-state index is -1.52. The molecule has 1 amide bonds. The van der Waals surface area contributed by atoms with Crippen LogP contribution in [0.3, 0.4) is 0 Å². The molecular weight excluding hydrogens is 310 g/mol. The maximum atomic E-state index is 11.9. The molecule has 126 valence electrons. The molecule has 1 atom stereocenters. The number of benzene rings is 2. The van der Waals surface area contributed by atoms with Crippen molar-refractivity contribution in [1.82, 2.24) is 5.32 Å². The van der Waals surface area contributed by atoms with Gasteiger partial charge in [-0.25, -0.2) is 9.59 Å². The van der Waals surface area contributed by atoms with Crippen molar-refractivity contribution in [3.05, 3.63) is 65.7 Å². The number of ether oxygens (including phenoxy) is 1. The molecule has 2 aromatic rings. The lowest BCUT2D eigenvalue weighted by Crippen LogP contribution is -2.53. The van der Waals surface area contributed by atoms with Gasteiger partial charge in [0.25, 0.3) is 0 Å². The van der Waals surface area contributed by atoms with E-state index in [0.717, 1.165) is 5.56 Å². The molecule has 6 nitrogen and oxygen atoms in total. The molecular formula is C18H19NO5. The van der Waals surface area contributed by atoms with E-state index in [1.54, 1.807) is 24.3 Å². The van der Waals surface area contributed by atoms with Crippen LogP contribution in [0.2, 0.25) is 0 Å². The topological polar surface area (TPSA) is 95.9 Å². The second-order valence-electron chi connectivity index (χ2n) is 5.67. The number of carbonyl (C=O) groups is 2. The van der Waals surface area contributed by atoms with Gasteiger partial charge in [-0.2, -0.15) is 0 Å². The van der Waals surface area contributed by atoms with E-state index in [-0.39, 0.29) is 18.8 Å². The summed E-state index contributed by atoms with van der Waals surface area (Å²) in [5, 5.41) is 21.1. The van der Waals surface area contributed by atoms with Crippen LogP contribution < -0.4 is 5.32 Å². The van der Waals surface area contributed by atoms with Crippen molar-refractivity contribution in [3.63, 3.8) is 0 Å². The molecule has 24 heavy (non-hydrogen) atoms. The van der Waals surface area contributed by atoms with Gasteiger partial charge >= 0.3 is 12.1 Å². The molecule has 0 aliphatic carbocycles. The molecule has 0 heterocycles. The van der Waals surface area contributed by atoms with Gasteiger partial charge in [-0.3, -0.25) is 0 Å². The van der Waals surface area contributed by atoms with Gasteiger partial charge in [-0.1, -0.05) is 42.5 Å². The van der Waals surface area contributed by atoms with Crippen LogP contribution >= 0.6 is 0 Å². The zero-order chi connectivity index (χ0) is 17.6. The molecule has 6 heteroatoms. The summed E-state index contributed by atoms with van der Waals surface area (Å²) in [5.74, 6) is -1.08. The Morgan fingerprint density at radius 1 is 1.04 bits per heavy atom. The number of phenolic OH excluding ortho intramolecular Hbond substituents is 1. The first kappa shape index (κ1) is 17.3. The number of hydrogen-bond acceptors (Lipinski definition) is 4. The number of carboxylic acid groups (broad SMARTS) is 1. The first-order chi connectivity index (χ1) is 11.4. The maximum absolute atomic E-state index is 11.9. The Morgan fingerprint density at radius 3 is 2.25 bits per heavy atom. The zero-order valence-corrected chi connectivity index (χ0v) is 13.2. The predicted molar refractivity (Wildman–Crippen MR) is 87.6 cm³/mol. The number of rotatable bonds is 6. The minimum Gasteiger partial charge on any atom is -0.508 e. The van der Waals surface area contributed by atoms with Crippen LogP contribution in [-0.2, 0) is 22.6 Å². The zero-order valence-electron chi connectivity index (χ0n) is 13.2. The highest BCUT2D eigenvalue weighted by atomic mass is 16.5. The number of phenols is 1. The van der Waals surface area contributed by atoms with Gasteiger partial charge in [0.2, 0.25) is 0 Å². The molecule has 0 bridgehead atoms. The molecule has 2 rings (SSSR count). The Hall–Kier alpha value is -3.02. The first-order valence-electron chi connectivity index (χ1n) is 7.39. The Kier molecular flexibility index (Phi) is 5.42. The standard InChI is InChI=1S/C18H19NO5/c1-18(16(21)22,11-13-7-9-15(20)10-8-13)19-17(23)24-12-14-5-3-2-4-6-14/h2-10,20H,11-12H2,1H3,(H,19,23)(H,21,22)/t18-/m1/s1. The lowest BCUT2D eigenvalue weighted by molar-refractivity contribution is -0.143. The van der Waals surface area contributed by atoms with Crippen LogP contribution in [0.1, 0.15) is 18.1 Å². The predicted octanol–water partition coefficient (Wildman–Crippen LogP) is 2.70. The lowest BCUT2D eigenvalue weighted by Gasteiger charge is -2.26. The second kappa shape index (κ2) is 7.50. The van der Waals surface area contributed by atoms with E-state index >= 15 is 0 Å². The van der Waals surface area contributed by atoms with E-state index in [1.165, 1.54) is 19.1 Å². The highest BCUT2D eigenvalue weighted by Gasteiger charge is 2.35. The molecule has 2 aromatic carbocycles. The van der Waals surface area contributed by atoms with Crippen molar-refractivity contribution in [2.24, 2.45) is 0 Å². The van der Waals surface area contributed by atoms with Crippen LogP contribution in [0.5, 0.6) is 5.75 Å². The highest BCUT2D eigenvalue weighted by Crippen LogP contribution is 2.17. The Bertz CT molecular complexity index is 699. The van der Waals surface area contributed by atoms with Crippen LogP contribution in [0.25, 0.3) is 0 Å². The van der Waals surface area contributed by atoms with Crippen molar-refractivity contribution in [2.45, 2.75) is 25.5 Å². The van der Waals surface area contributed by atoms with E-state index in [0.29, 0.717) is 5.56 Å². The van der Waals surface area contributed by atoms with Gasteiger partial charge in [0.1, 0.15) is 17.9 Å². The van der Waals surface area contributed by atoms with Crippen molar-refractivity contribution in [3.8, 4) is 5.75 Å². The van der Waals surface area contributed by atoms with Gasteiger partial charge in [0.05, 0.1) is 0 Å². The third-order valence-electron chi connectivity index (χ3n) is 3.56. The second-order valence-corrected chi connectivity index (χ2v) is 5.67. The minimum absolute atomic E-state index is 0.0571. The van der Waals surface area contributed by atoms with Gasteiger partial charge < -0.3 is 20.3 Å². The highest BCUT2D eigenvalue weighted by molar-refractivity contribution is 5.84. The van der Waals surface area contributed by atoms with Gasteiger partial charge in [0, 0.05) is 6.42 Å². The van der Waals surface area contributed by atoms with Crippen molar-refractivity contribution < 1.29 is 24.5 Å². The smallest absolute Gasteiger partial charge is 0.408 e. The van der Waals surface area contributed by atoms with E-state index in [1.807, 2.05) is 18.2 Å². The molecule has 0 radical (unpaired) electrons. The van der Waals surface area contributed by atoms with Crippen molar-refractivity contribution in [1.29, 1.82) is 0 Å². The van der Waals surface area contributed by atoms with Crippen molar-refractivity contribution >= 4 is 12.1 Å². The van der Waals surface area contributed by atoms with Gasteiger partial charge in [-0.15, -0.1) is 0 Å². The number of alkyl carbamates (subject to hydrolysis) is 1. The van der Waals surface area contributed by atoms with Crippen LogP contribution in [-0.4, -0.2) is 27.8 Å². The summed E-state index contributed by atoms with van der Waals surface area (Å²) < 4.78 is 5.08. The summed E-state index contributed by atoms with van der Waals surface area (Å²) in [6.45, 7) is 1.47. The Morgan fingerprint density at radius 2 is 1.67 bits per heavy atom. The van der Waals surface area contributed by atoms with Crippen molar-refractivity contribution in [2.75, 3.05) is 0 Å². The average Bonchev–Trinajstić information content (AvgIpc) is 2.56. The number of aliphatic carboxylic acids is 1. The third kappa shape index (κ3) is 4.74. The summed E-state index contributed by atoms with van der Waals surface area (Å²) in [6, 6.07) is 15.2. The fourth-order valence-corrected chi connectivity index (χ4v) is 2.18. The van der Waals surface area contributed by atoms with E-state index in [2.05, 4.69) is 5.32 Å². The molecule has 0 unspecified atom stereocenters. The molecule has 0 spiro atoms. The quantitative estimate of drug-likeness (QED) is 0.757. The van der Waals surface area contributed by atoms with Gasteiger partial charge in [-0.05, 0) is 30.2 Å². The van der Waals surface area contributed by atoms with Crippen LogP contribution in [0.4, 0.5) is 4.79 Å². The summed E-state index contributed by atoms with van der Waals surface area (Å²) >= 11 is 0. The number of nitrogens with one attached hydrogen (secondary N) is 1. The number of carbonyl (C=O) groups excluding carboxylic acids is 1. The fraction of sp³-hybridized carbons (Fsp3) is 0.222. The molecule has 3 N–H and O–H groups in total.